The van der Waals surface area contributed by atoms with Crippen LogP contribution in [0.3, 0.4) is 0 Å². The minimum absolute atomic E-state index is 0.396. The Kier molecular flexibility index (Phi) is 2.36. The van der Waals surface area contributed by atoms with Crippen molar-refractivity contribution in [2.24, 2.45) is 5.73 Å². The van der Waals surface area contributed by atoms with Crippen LogP contribution >= 0.6 is 11.3 Å². The molecule has 0 bridgehead atoms. The van der Waals surface area contributed by atoms with E-state index in [1.54, 1.807) is 11.7 Å². The van der Waals surface area contributed by atoms with Crippen LogP contribution in [0.5, 0.6) is 0 Å². The predicted molar refractivity (Wildman–Crippen MR) is 52.5 cm³/mol. The highest BCUT2D eigenvalue weighted by Crippen LogP contribution is 2.38. The molecule has 1 aliphatic rings. The van der Waals surface area contributed by atoms with Gasteiger partial charge in [0.05, 0.1) is 10.4 Å². The Morgan fingerprint density at radius 2 is 2.23 bits per heavy atom. The number of thiazole rings is 1. The molecule has 1 atom stereocenters. The van der Waals surface area contributed by atoms with Crippen molar-refractivity contribution < 1.29 is 5.11 Å². The van der Waals surface area contributed by atoms with Crippen LogP contribution in [0, 0.1) is 0 Å². The van der Waals surface area contributed by atoms with Crippen LogP contribution in [-0.2, 0) is 0 Å². The highest BCUT2D eigenvalue weighted by molar-refractivity contribution is 7.09. The average molecular weight is 198 g/mol. The third-order valence-corrected chi connectivity index (χ3v) is 3.63. The molecule has 1 fully saturated rings. The molecule has 0 amide bonds. The van der Waals surface area contributed by atoms with E-state index in [2.05, 4.69) is 4.98 Å². The van der Waals surface area contributed by atoms with E-state index < -0.39 is 11.6 Å². The van der Waals surface area contributed by atoms with Crippen LogP contribution in [0.15, 0.2) is 11.7 Å². The fourth-order valence-corrected chi connectivity index (χ4v) is 2.68. The van der Waals surface area contributed by atoms with Crippen LogP contribution in [-0.4, -0.2) is 15.6 Å². The summed E-state index contributed by atoms with van der Waals surface area (Å²) in [5.74, 6) is 0. The van der Waals surface area contributed by atoms with E-state index >= 15 is 0 Å². The Hall–Kier alpha value is -0.450. The smallest absolute Gasteiger partial charge is 0.108 e. The minimum Gasteiger partial charge on any atom is -0.386 e. The molecule has 3 nitrogen and oxygen atoms in total. The van der Waals surface area contributed by atoms with E-state index in [9.17, 15) is 5.11 Å². The zero-order chi connectivity index (χ0) is 9.31. The summed E-state index contributed by atoms with van der Waals surface area (Å²) >= 11 is 1.48. The van der Waals surface area contributed by atoms with Crippen LogP contribution in [0.4, 0.5) is 0 Å². The van der Waals surface area contributed by atoms with Gasteiger partial charge in [-0.2, -0.15) is 0 Å². The van der Waals surface area contributed by atoms with Crippen molar-refractivity contribution in [1.82, 2.24) is 4.98 Å². The van der Waals surface area contributed by atoms with Crippen molar-refractivity contribution in [2.45, 2.75) is 37.3 Å². The monoisotopic (exact) mass is 198 g/mol. The summed E-state index contributed by atoms with van der Waals surface area (Å²) in [6.07, 6.45) is 5.29. The van der Waals surface area contributed by atoms with E-state index in [1.165, 1.54) is 11.3 Å². The van der Waals surface area contributed by atoms with E-state index in [-0.39, 0.29) is 0 Å². The second-order valence-corrected chi connectivity index (χ2v) is 4.66. The van der Waals surface area contributed by atoms with Crippen molar-refractivity contribution >= 4 is 11.3 Å². The SMILES string of the molecule is NC1(C(O)c2cncs2)CCCC1. The predicted octanol–water partition coefficient (Wildman–Crippen LogP) is 1.45. The lowest BCUT2D eigenvalue weighted by molar-refractivity contribution is 0.0902. The Bertz CT molecular complexity index is 267. The first-order valence-corrected chi connectivity index (χ1v) is 5.46. The van der Waals surface area contributed by atoms with Crippen LogP contribution in [0.1, 0.15) is 36.7 Å². The summed E-state index contributed by atoms with van der Waals surface area (Å²) in [6, 6.07) is 0. The average Bonchev–Trinajstić information content (AvgIpc) is 2.73. The van der Waals surface area contributed by atoms with Gasteiger partial charge in [0.1, 0.15) is 6.10 Å². The van der Waals surface area contributed by atoms with Crippen molar-refractivity contribution in [2.75, 3.05) is 0 Å². The minimum atomic E-state index is -0.525. The number of nitrogens with zero attached hydrogens (tertiary/aromatic N) is 1. The van der Waals surface area contributed by atoms with Gasteiger partial charge in [0.25, 0.3) is 0 Å². The van der Waals surface area contributed by atoms with Gasteiger partial charge in [0, 0.05) is 11.7 Å². The highest BCUT2D eigenvalue weighted by Gasteiger charge is 2.38. The molecular weight excluding hydrogens is 184 g/mol. The maximum absolute atomic E-state index is 10.0. The van der Waals surface area contributed by atoms with Gasteiger partial charge in [0.2, 0.25) is 0 Å². The van der Waals surface area contributed by atoms with E-state index in [4.69, 9.17) is 5.73 Å². The Labute approximate surface area is 81.6 Å². The fourth-order valence-electron chi connectivity index (χ4n) is 1.95. The standard InChI is InChI=1S/C9H14N2OS/c10-9(3-1-2-4-9)8(12)7-5-11-6-13-7/h5-6,8,12H,1-4,10H2. The van der Waals surface area contributed by atoms with Gasteiger partial charge in [-0.25, -0.2) is 0 Å². The van der Waals surface area contributed by atoms with Crippen molar-refractivity contribution in [3.63, 3.8) is 0 Å². The molecule has 1 aromatic heterocycles. The van der Waals surface area contributed by atoms with E-state index in [0.717, 1.165) is 30.6 Å². The number of aromatic nitrogens is 1. The molecule has 3 N–H and O–H groups in total. The summed E-state index contributed by atoms with van der Waals surface area (Å²) < 4.78 is 0. The first-order valence-electron chi connectivity index (χ1n) is 4.58. The van der Waals surface area contributed by atoms with Gasteiger partial charge >= 0.3 is 0 Å². The van der Waals surface area contributed by atoms with E-state index in [0.29, 0.717) is 0 Å². The number of hydrogen-bond donors (Lipinski definition) is 2. The van der Waals surface area contributed by atoms with Crippen LogP contribution < -0.4 is 5.73 Å². The quantitative estimate of drug-likeness (QED) is 0.756. The van der Waals surface area contributed by atoms with Gasteiger partial charge in [-0.05, 0) is 12.8 Å². The Morgan fingerprint density at radius 3 is 2.77 bits per heavy atom. The zero-order valence-electron chi connectivity index (χ0n) is 7.44. The molecule has 1 aliphatic carbocycles. The number of aliphatic hydroxyl groups is 1. The van der Waals surface area contributed by atoms with Gasteiger partial charge in [-0.1, -0.05) is 12.8 Å². The van der Waals surface area contributed by atoms with Gasteiger partial charge in [-0.15, -0.1) is 11.3 Å². The van der Waals surface area contributed by atoms with Crippen molar-refractivity contribution in [3.05, 3.63) is 16.6 Å². The second-order valence-electron chi connectivity index (χ2n) is 3.75. The fraction of sp³-hybridized carbons (Fsp3) is 0.667. The number of hydrogen-bond acceptors (Lipinski definition) is 4. The third-order valence-electron chi connectivity index (χ3n) is 2.80. The molecule has 4 heteroatoms. The van der Waals surface area contributed by atoms with E-state index in [1.807, 2.05) is 0 Å². The molecule has 1 unspecified atom stereocenters. The lowest BCUT2D eigenvalue weighted by Gasteiger charge is -2.28. The first kappa shape index (κ1) is 9.12. The Morgan fingerprint density at radius 1 is 1.54 bits per heavy atom. The number of rotatable bonds is 2. The molecule has 72 valence electrons. The molecule has 13 heavy (non-hydrogen) atoms. The largest absolute Gasteiger partial charge is 0.386 e. The molecule has 0 aliphatic heterocycles. The summed E-state index contributed by atoms with van der Waals surface area (Å²) in [4.78, 5) is 4.84. The first-order chi connectivity index (χ1) is 6.22. The molecule has 1 aromatic rings. The molecule has 0 saturated heterocycles. The second kappa shape index (κ2) is 3.36. The maximum atomic E-state index is 10.0. The molecule has 2 rings (SSSR count). The Balaban J connectivity index is 2.16. The summed E-state index contributed by atoms with van der Waals surface area (Å²) in [7, 11) is 0. The number of nitrogens with two attached hydrogens (primary N) is 1. The molecule has 0 aromatic carbocycles. The normalized spacial score (nSPS) is 23.2. The molecule has 0 spiro atoms. The van der Waals surface area contributed by atoms with Crippen LogP contribution in [0.2, 0.25) is 0 Å². The number of aliphatic hydroxyl groups excluding tert-OH is 1. The lowest BCUT2D eigenvalue weighted by atomic mass is 9.91. The molecule has 1 saturated carbocycles. The maximum Gasteiger partial charge on any atom is 0.108 e. The van der Waals surface area contributed by atoms with Gasteiger partial charge in [-0.3, -0.25) is 4.98 Å². The van der Waals surface area contributed by atoms with Crippen LogP contribution in [0.25, 0.3) is 0 Å². The van der Waals surface area contributed by atoms with Gasteiger partial charge < -0.3 is 10.8 Å². The van der Waals surface area contributed by atoms with Crippen molar-refractivity contribution in [3.8, 4) is 0 Å². The topological polar surface area (TPSA) is 59.1 Å². The lowest BCUT2D eigenvalue weighted by Crippen LogP contribution is -2.42. The molecular formula is C9H14N2OS. The highest BCUT2D eigenvalue weighted by atomic mass is 32.1. The third kappa shape index (κ3) is 1.61. The molecule has 0 radical (unpaired) electrons. The summed E-state index contributed by atoms with van der Waals surface area (Å²) in [5.41, 5.74) is 7.46. The summed E-state index contributed by atoms with van der Waals surface area (Å²) in [6.45, 7) is 0. The van der Waals surface area contributed by atoms with Crippen molar-refractivity contribution in [1.29, 1.82) is 0 Å². The molecule has 1 heterocycles. The van der Waals surface area contributed by atoms with Gasteiger partial charge in [0.15, 0.2) is 0 Å². The zero-order valence-corrected chi connectivity index (χ0v) is 8.26. The summed E-state index contributed by atoms with van der Waals surface area (Å²) in [5, 5.41) is 10.0.